The lowest BCUT2D eigenvalue weighted by Gasteiger charge is -2.05. The van der Waals surface area contributed by atoms with Gasteiger partial charge in [0, 0.05) is 11.6 Å². The highest BCUT2D eigenvalue weighted by Crippen LogP contribution is 2.19. The highest BCUT2D eigenvalue weighted by Gasteiger charge is 2.06. The first-order chi connectivity index (χ1) is 6.63. The van der Waals surface area contributed by atoms with Gasteiger partial charge < -0.3 is 10.1 Å². The second kappa shape index (κ2) is 5.07. The Kier molecular flexibility index (Phi) is 4.03. The molecule has 0 aliphatic heterocycles. The number of carbonyl (C=O) groups is 1. The summed E-state index contributed by atoms with van der Waals surface area (Å²) < 4.78 is 18.4. The van der Waals surface area contributed by atoms with Crippen molar-refractivity contribution in [2.75, 3.05) is 19.0 Å². The summed E-state index contributed by atoms with van der Waals surface area (Å²) in [7, 11) is 1.40. The zero-order valence-electron chi connectivity index (χ0n) is 7.51. The van der Waals surface area contributed by atoms with Crippen LogP contribution in [0.5, 0.6) is 0 Å². The van der Waals surface area contributed by atoms with E-state index in [0.717, 1.165) is 0 Å². The van der Waals surface area contributed by atoms with E-state index in [9.17, 15) is 9.18 Å². The predicted molar refractivity (Wildman–Crippen MR) is 54.6 cm³/mol. The lowest BCUT2D eigenvalue weighted by molar-refractivity contribution is -0.119. The van der Waals surface area contributed by atoms with Crippen LogP contribution < -0.4 is 5.32 Å². The Labute approximate surface area is 89.4 Å². The third-order valence-electron chi connectivity index (χ3n) is 1.48. The van der Waals surface area contributed by atoms with Crippen LogP contribution in [0.3, 0.4) is 0 Å². The largest absolute Gasteiger partial charge is 0.375 e. The molecule has 5 heteroatoms. The molecule has 1 rings (SSSR count). The fourth-order valence-electron chi connectivity index (χ4n) is 0.911. The van der Waals surface area contributed by atoms with Crippen LogP contribution in [0.25, 0.3) is 0 Å². The van der Waals surface area contributed by atoms with E-state index < -0.39 is 5.82 Å². The summed E-state index contributed by atoms with van der Waals surface area (Å²) in [5.41, 5.74) is 0.140. The van der Waals surface area contributed by atoms with Gasteiger partial charge >= 0.3 is 0 Å². The average molecular weight is 262 g/mol. The van der Waals surface area contributed by atoms with Crippen molar-refractivity contribution in [1.82, 2.24) is 0 Å². The van der Waals surface area contributed by atoms with E-state index in [1.165, 1.54) is 19.2 Å². The van der Waals surface area contributed by atoms with Crippen LogP contribution in [0.1, 0.15) is 0 Å². The van der Waals surface area contributed by atoms with Crippen LogP contribution in [-0.2, 0) is 9.53 Å². The zero-order chi connectivity index (χ0) is 10.6. The van der Waals surface area contributed by atoms with Crippen molar-refractivity contribution in [3.63, 3.8) is 0 Å². The predicted octanol–water partition coefficient (Wildman–Crippen LogP) is 2.17. The van der Waals surface area contributed by atoms with E-state index in [2.05, 4.69) is 26.0 Å². The maximum absolute atomic E-state index is 13.1. The summed E-state index contributed by atoms with van der Waals surface area (Å²) in [6.45, 7) is -0.0913. The molecule has 0 spiro atoms. The number of carbonyl (C=O) groups excluding carboxylic acids is 1. The molecule has 1 amide bonds. The molecule has 0 aliphatic rings. The maximum Gasteiger partial charge on any atom is 0.250 e. The average Bonchev–Trinajstić information content (AvgIpc) is 2.12. The topological polar surface area (TPSA) is 38.3 Å². The molecule has 0 saturated carbocycles. The van der Waals surface area contributed by atoms with Crippen molar-refractivity contribution >= 4 is 27.5 Å². The number of rotatable bonds is 3. The number of amides is 1. The second-order valence-corrected chi connectivity index (χ2v) is 3.52. The number of hydrogen-bond donors (Lipinski definition) is 1. The third-order valence-corrected chi connectivity index (χ3v) is 1.97. The number of halogens is 2. The summed E-state index contributed by atoms with van der Waals surface area (Å²) >= 11 is 3.18. The Morgan fingerprint density at radius 3 is 3.00 bits per heavy atom. The van der Waals surface area contributed by atoms with Gasteiger partial charge in [-0.05, 0) is 18.2 Å². The maximum atomic E-state index is 13.1. The first kappa shape index (κ1) is 11.1. The number of ether oxygens (including phenoxy) is 1. The van der Waals surface area contributed by atoms with Gasteiger partial charge in [-0.25, -0.2) is 4.39 Å². The normalized spacial score (nSPS) is 9.93. The minimum absolute atomic E-state index is 0.0913. The third kappa shape index (κ3) is 3.08. The van der Waals surface area contributed by atoms with Crippen molar-refractivity contribution in [1.29, 1.82) is 0 Å². The number of benzene rings is 1. The highest BCUT2D eigenvalue weighted by atomic mass is 79.9. The van der Waals surface area contributed by atoms with Crippen LogP contribution in [0, 0.1) is 5.82 Å². The van der Waals surface area contributed by atoms with E-state index >= 15 is 0 Å². The quantitative estimate of drug-likeness (QED) is 0.906. The zero-order valence-corrected chi connectivity index (χ0v) is 9.10. The second-order valence-electron chi connectivity index (χ2n) is 2.61. The van der Waals surface area contributed by atoms with Gasteiger partial charge in [-0.3, -0.25) is 4.79 Å². The summed E-state index contributed by atoms with van der Waals surface area (Å²) in [5.74, 6) is -0.859. The van der Waals surface area contributed by atoms with Crippen LogP contribution in [-0.4, -0.2) is 19.6 Å². The lowest BCUT2D eigenvalue weighted by Crippen LogP contribution is -2.17. The molecule has 0 aliphatic carbocycles. The molecule has 0 unspecified atom stereocenters. The molecule has 0 radical (unpaired) electrons. The smallest absolute Gasteiger partial charge is 0.250 e. The molecule has 0 heterocycles. The van der Waals surface area contributed by atoms with Crippen LogP contribution >= 0.6 is 15.9 Å². The molecular weight excluding hydrogens is 253 g/mol. The summed E-state index contributed by atoms with van der Waals surface area (Å²) in [5, 5.41) is 2.38. The van der Waals surface area contributed by atoms with Gasteiger partial charge in [0.15, 0.2) is 0 Å². The Hall–Kier alpha value is -0.940. The van der Waals surface area contributed by atoms with Gasteiger partial charge in [0.2, 0.25) is 5.91 Å². The molecule has 3 nitrogen and oxygen atoms in total. The first-order valence-corrected chi connectivity index (χ1v) is 4.66. The number of hydrogen-bond acceptors (Lipinski definition) is 2. The fourth-order valence-corrected chi connectivity index (χ4v) is 1.27. The highest BCUT2D eigenvalue weighted by molar-refractivity contribution is 9.10. The van der Waals surface area contributed by atoms with E-state index in [-0.39, 0.29) is 18.2 Å². The number of anilines is 1. The lowest BCUT2D eigenvalue weighted by atomic mass is 10.3. The number of nitrogens with one attached hydrogen (secondary N) is 1. The minimum atomic E-state index is -0.474. The Bertz CT molecular complexity index is 344. The molecule has 0 saturated heterocycles. The van der Waals surface area contributed by atoms with Gasteiger partial charge in [0.05, 0.1) is 5.69 Å². The van der Waals surface area contributed by atoms with Crippen molar-refractivity contribution < 1.29 is 13.9 Å². The molecular formula is C9H9BrFNO2. The Morgan fingerprint density at radius 2 is 2.36 bits per heavy atom. The van der Waals surface area contributed by atoms with Crippen molar-refractivity contribution in [3.8, 4) is 0 Å². The van der Waals surface area contributed by atoms with Crippen molar-refractivity contribution in [2.24, 2.45) is 0 Å². The van der Waals surface area contributed by atoms with Gasteiger partial charge in [0.25, 0.3) is 0 Å². The standard InChI is InChI=1S/C9H9BrFNO2/c1-14-5-9(13)12-8-4-6(10)2-3-7(8)11/h2-4H,5H2,1H3,(H,12,13). The molecule has 0 atom stereocenters. The molecule has 1 N–H and O–H groups in total. The molecule has 0 bridgehead atoms. The van der Waals surface area contributed by atoms with E-state index in [1.807, 2.05) is 0 Å². The first-order valence-electron chi connectivity index (χ1n) is 3.87. The molecule has 1 aromatic rings. The van der Waals surface area contributed by atoms with Crippen molar-refractivity contribution in [2.45, 2.75) is 0 Å². The van der Waals surface area contributed by atoms with E-state index in [1.54, 1.807) is 6.07 Å². The van der Waals surface area contributed by atoms with Gasteiger partial charge in [0.1, 0.15) is 12.4 Å². The molecule has 1 aromatic carbocycles. The van der Waals surface area contributed by atoms with E-state index in [4.69, 9.17) is 0 Å². The van der Waals surface area contributed by atoms with Crippen LogP contribution in [0.4, 0.5) is 10.1 Å². The summed E-state index contributed by atoms with van der Waals surface area (Å²) in [4.78, 5) is 11.1. The SMILES string of the molecule is COCC(=O)Nc1cc(Br)ccc1F. The minimum Gasteiger partial charge on any atom is -0.375 e. The van der Waals surface area contributed by atoms with Crippen LogP contribution in [0.2, 0.25) is 0 Å². The fraction of sp³-hybridized carbons (Fsp3) is 0.222. The van der Waals surface area contributed by atoms with Gasteiger partial charge in [-0.2, -0.15) is 0 Å². The van der Waals surface area contributed by atoms with Gasteiger partial charge in [-0.15, -0.1) is 0 Å². The summed E-state index contributed by atoms with van der Waals surface area (Å²) in [6.07, 6.45) is 0. The monoisotopic (exact) mass is 261 g/mol. The molecule has 14 heavy (non-hydrogen) atoms. The Morgan fingerprint density at radius 1 is 1.64 bits per heavy atom. The van der Waals surface area contributed by atoms with Gasteiger partial charge in [-0.1, -0.05) is 15.9 Å². The molecule has 0 fully saturated rings. The molecule has 76 valence electrons. The number of methoxy groups -OCH3 is 1. The Balaban J connectivity index is 2.75. The van der Waals surface area contributed by atoms with Crippen LogP contribution in [0.15, 0.2) is 22.7 Å². The van der Waals surface area contributed by atoms with E-state index in [0.29, 0.717) is 4.47 Å². The van der Waals surface area contributed by atoms with Crippen molar-refractivity contribution in [3.05, 3.63) is 28.5 Å². The molecule has 0 aromatic heterocycles. The summed E-state index contributed by atoms with van der Waals surface area (Å²) in [6, 6.07) is 4.32.